The van der Waals surface area contributed by atoms with Gasteiger partial charge < -0.3 is 25.2 Å². The van der Waals surface area contributed by atoms with Gasteiger partial charge in [-0.3, -0.25) is 4.79 Å². The molecule has 6 nitrogen and oxygen atoms in total. The number of phenols is 4. The highest BCUT2D eigenvalue weighted by molar-refractivity contribution is 6.03. The predicted octanol–water partition coefficient (Wildman–Crippen LogP) is 2.22. The Morgan fingerprint density at radius 3 is 2.43 bits per heavy atom. The van der Waals surface area contributed by atoms with Crippen LogP contribution in [0.3, 0.4) is 0 Å². The molecule has 0 saturated carbocycles. The second-order valence-electron chi connectivity index (χ2n) is 4.76. The minimum atomic E-state index is -0.758. The maximum atomic E-state index is 12.2. The van der Waals surface area contributed by atoms with Gasteiger partial charge >= 0.3 is 0 Å². The summed E-state index contributed by atoms with van der Waals surface area (Å²) in [5.41, 5.74) is 0.264. The average molecular weight is 288 g/mol. The van der Waals surface area contributed by atoms with Crippen molar-refractivity contribution in [3.63, 3.8) is 0 Å². The second kappa shape index (κ2) is 4.59. The third-order valence-electron chi connectivity index (χ3n) is 3.42. The maximum absolute atomic E-state index is 12.2. The summed E-state index contributed by atoms with van der Waals surface area (Å²) in [6.45, 7) is 0. The first-order valence-electron chi connectivity index (χ1n) is 6.24. The van der Waals surface area contributed by atoms with Crippen molar-refractivity contribution < 1.29 is 30.0 Å². The molecule has 0 amide bonds. The van der Waals surface area contributed by atoms with Crippen LogP contribution in [0.15, 0.2) is 30.3 Å². The van der Waals surface area contributed by atoms with E-state index in [-0.39, 0.29) is 23.5 Å². The van der Waals surface area contributed by atoms with Crippen LogP contribution in [0.1, 0.15) is 28.4 Å². The van der Waals surface area contributed by atoms with Gasteiger partial charge in [-0.05, 0) is 6.07 Å². The lowest BCUT2D eigenvalue weighted by atomic mass is 9.94. The Labute approximate surface area is 119 Å². The monoisotopic (exact) mass is 288 g/mol. The molecule has 6 heteroatoms. The SMILES string of the molecule is O=C1C[C@@H](c2ccccc2O)Oc2cc(O)c(O)c(O)c21. The molecule has 2 aromatic rings. The quantitative estimate of drug-likeness (QED) is 0.599. The lowest BCUT2D eigenvalue weighted by Crippen LogP contribution is -2.20. The van der Waals surface area contributed by atoms with Gasteiger partial charge in [-0.25, -0.2) is 0 Å². The molecule has 4 N–H and O–H groups in total. The first kappa shape index (κ1) is 13.1. The van der Waals surface area contributed by atoms with Crippen LogP contribution in [0.25, 0.3) is 0 Å². The lowest BCUT2D eigenvalue weighted by Gasteiger charge is -2.26. The molecule has 2 aromatic carbocycles. The van der Waals surface area contributed by atoms with Crippen molar-refractivity contribution in [3.8, 4) is 28.7 Å². The summed E-state index contributed by atoms with van der Waals surface area (Å²) in [6, 6.07) is 7.51. The van der Waals surface area contributed by atoms with Gasteiger partial charge in [0.25, 0.3) is 0 Å². The Bertz CT molecular complexity index is 737. The number of benzene rings is 2. The van der Waals surface area contributed by atoms with E-state index >= 15 is 0 Å². The van der Waals surface area contributed by atoms with Gasteiger partial charge in [-0.1, -0.05) is 18.2 Å². The molecule has 0 aliphatic carbocycles. The lowest BCUT2D eigenvalue weighted by molar-refractivity contribution is 0.0840. The van der Waals surface area contributed by atoms with Crippen LogP contribution in [-0.2, 0) is 0 Å². The van der Waals surface area contributed by atoms with E-state index in [2.05, 4.69) is 0 Å². The number of fused-ring (bicyclic) bond motifs is 1. The molecule has 0 aromatic heterocycles. The number of aromatic hydroxyl groups is 4. The largest absolute Gasteiger partial charge is 0.508 e. The van der Waals surface area contributed by atoms with Crippen molar-refractivity contribution in [1.29, 1.82) is 0 Å². The van der Waals surface area contributed by atoms with Crippen molar-refractivity contribution in [3.05, 3.63) is 41.5 Å². The summed E-state index contributed by atoms with van der Waals surface area (Å²) in [6.07, 6.45) is -0.822. The summed E-state index contributed by atoms with van der Waals surface area (Å²) < 4.78 is 5.57. The highest BCUT2D eigenvalue weighted by Crippen LogP contribution is 2.48. The van der Waals surface area contributed by atoms with Gasteiger partial charge in [0, 0.05) is 11.6 Å². The fourth-order valence-electron chi connectivity index (χ4n) is 2.38. The minimum Gasteiger partial charge on any atom is -0.508 e. The topological polar surface area (TPSA) is 107 Å². The van der Waals surface area contributed by atoms with E-state index < -0.39 is 29.1 Å². The zero-order valence-corrected chi connectivity index (χ0v) is 10.8. The summed E-state index contributed by atoms with van der Waals surface area (Å²) >= 11 is 0. The predicted molar refractivity (Wildman–Crippen MR) is 71.9 cm³/mol. The Morgan fingerprint density at radius 2 is 1.71 bits per heavy atom. The summed E-state index contributed by atoms with van der Waals surface area (Å²) in [5, 5.41) is 38.5. The summed E-state index contributed by atoms with van der Waals surface area (Å²) in [7, 11) is 0. The Hall–Kier alpha value is -2.89. The first-order chi connectivity index (χ1) is 9.99. The molecule has 0 saturated heterocycles. The number of ether oxygens (including phenoxy) is 1. The first-order valence-corrected chi connectivity index (χ1v) is 6.24. The third kappa shape index (κ3) is 2.01. The number of para-hydroxylation sites is 1. The van der Waals surface area contributed by atoms with Gasteiger partial charge in [-0.15, -0.1) is 0 Å². The number of carbonyl (C=O) groups excluding carboxylic acids is 1. The van der Waals surface area contributed by atoms with Crippen LogP contribution in [0.4, 0.5) is 0 Å². The van der Waals surface area contributed by atoms with Crippen LogP contribution in [0.2, 0.25) is 0 Å². The molecule has 1 atom stereocenters. The molecule has 1 aliphatic rings. The number of Topliss-reactive ketones (excluding diaryl/α,β-unsaturated/α-hetero) is 1. The molecular weight excluding hydrogens is 276 g/mol. The zero-order valence-electron chi connectivity index (χ0n) is 10.8. The molecule has 3 rings (SSSR count). The van der Waals surface area contributed by atoms with Crippen LogP contribution in [-0.4, -0.2) is 26.2 Å². The summed E-state index contributed by atoms with van der Waals surface area (Å²) in [5.74, 6) is -2.54. The normalized spacial score (nSPS) is 17.1. The molecule has 108 valence electrons. The molecule has 0 fully saturated rings. The van der Waals surface area contributed by atoms with Crippen LogP contribution in [0.5, 0.6) is 28.7 Å². The van der Waals surface area contributed by atoms with E-state index in [1.807, 2.05) is 0 Å². The highest BCUT2D eigenvalue weighted by atomic mass is 16.5. The third-order valence-corrected chi connectivity index (χ3v) is 3.42. The van der Waals surface area contributed by atoms with E-state index in [0.717, 1.165) is 6.07 Å². The molecule has 21 heavy (non-hydrogen) atoms. The number of ketones is 1. The van der Waals surface area contributed by atoms with Crippen LogP contribution in [0, 0.1) is 0 Å². The fourth-order valence-corrected chi connectivity index (χ4v) is 2.38. The fraction of sp³-hybridized carbons (Fsp3) is 0.133. The molecule has 1 heterocycles. The highest BCUT2D eigenvalue weighted by Gasteiger charge is 2.33. The molecule has 0 radical (unpaired) electrons. The van der Waals surface area contributed by atoms with Gasteiger partial charge in [0.2, 0.25) is 5.75 Å². The number of rotatable bonds is 1. The Kier molecular flexibility index (Phi) is 2.86. The van der Waals surface area contributed by atoms with Gasteiger partial charge in [0.15, 0.2) is 17.3 Å². The standard InChI is InChI=1S/C15H12O6/c16-8-4-2-1-3-7(8)11-5-9(17)13-12(21-11)6-10(18)14(19)15(13)20/h1-4,6,11,16,18-20H,5H2/t11-/m0/s1. The van der Waals surface area contributed by atoms with Crippen LogP contribution < -0.4 is 4.74 Å². The number of hydrogen-bond donors (Lipinski definition) is 4. The molecule has 0 spiro atoms. The summed E-state index contributed by atoms with van der Waals surface area (Å²) in [4.78, 5) is 12.2. The smallest absolute Gasteiger partial charge is 0.201 e. The van der Waals surface area contributed by atoms with Crippen molar-refractivity contribution in [1.82, 2.24) is 0 Å². The minimum absolute atomic E-state index is 0.00836. The van der Waals surface area contributed by atoms with Crippen molar-refractivity contribution in [2.75, 3.05) is 0 Å². The Morgan fingerprint density at radius 1 is 1.00 bits per heavy atom. The molecule has 1 aliphatic heterocycles. The average Bonchev–Trinajstić information content (AvgIpc) is 2.44. The molecular formula is C15H12O6. The second-order valence-corrected chi connectivity index (χ2v) is 4.76. The Balaban J connectivity index is 2.08. The van der Waals surface area contributed by atoms with Crippen molar-refractivity contribution >= 4 is 5.78 Å². The number of carbonyl (C=O) groups is 1. The van der Waals surface area contributed by atoms with E-state index in [0.29, 0.717) is 5.56 Å². The molecule has 0 unspecified atom stereocenters. The van der Waals surface area contributed by atoms with E-state index in [9.17, 15) is 25.2 Å². The van der Waals surface area contributed by atoms with E-state index in [1.54, 1.807) is 18.2 Å². The van der Waals surface area contributed by atoms with Crippen LogP contribution >= 0.6 is 0 Å². The van der Waals surface area contributed by atoms with Gasteiger partial charge in [0.05, 0.1) is 6.42 Å². The zero-order chi connectivity index (χ0) is 15.1. The molecule has 0 bridgehead atoms. The van der Waals surface area contributed by atoms with E-state index in [4.69, 9.17) is 4.74 Å². The van der Waals surface area contributed by atoms with Crippen molar-refractivity contribution in [2.45, 2.75) is 12.5 Å². The van der Waals surface area contributed by atoms with Crippen molar-refractivity contribution in [2.24, 2.45) is 0 Å². The number of hydrogen-bond acceptors (Lipinski definition) is 6. The van der Waals surface area contributed by atoms with Gasteiger partial charge in [-0.2, -0.15) is 0 Å². The maximum Gasteiger partial charge on any atom is 0.201 e. The van der Waals surface area contributed by atoms with Gasteiger partial charge in [0.1, 0.15) is 23.2 Å². The number of phenolic OH excluding ortho intramolecular Hbond substituents is 4. The van der Waals surface area contributed by atoms with E-state index in [1.165, 1.54) is 6.07 Å².